The van der Waals surface area contributed by atoms with Crippen LogP contribution >= 0.6 is 36.6 Å². The zero-order valence-electron chi connectivity index (χ0n) is 13.8. The number of nitrogens with one attached hydrogen (secondary N) is 1. The molecule has 7 heteroatoms. The summed E-state index contributed by atoms with van der Waals surface area (Å²) in [6.07, 6.45) is 4.90. The van der Waals surface area contributed by atoms with Gasteiger partial charge in [0.2, 0.25) is 5.91 Å². The third-order valence-corrected chi connectivity index (χ3v) is 5.34. The summed E-state index contributed by atoms with van der Waals surface area (Å²) in [5.74, 6) is 2.97. The summed E-state index contributed by atoms with van der Waals surface area (Å²) in [6, 6.07) is 0.0729. The maximum absolute atomic E-state index is 12.3. The van der Waals surface area contributed by atoms with Gasteiger partial charge < -0.3 is 9.80 Å². The van der Waals surface area contributed by atoms with Gasteiger partial charge in [0.15, 0.2) is 0 Å². The van der Waals surface area contributed by atoms with Crippen molar-refractivity contribution in [1.82, 2.24) is 15.1 Å². The molecule has 0 aromatic carbocycles. The number of amides is 1. The van der Waals surface area contributed by atoms with Crippen molar-refractivity contribution in [1.29, 1.82) is 0 Å². The van der Waals surface area contributed by atoms with Gasteiger partial charge in [-0.3, -0.25) is 10.1 Å². The molecule has 2 heterocycles. The lowest BCUT2D eigenvalue weighted by molar-refractivity contribution is -0.134. The molecule has 0 aromatic rings. The van der Waals surface area contributed by atoms with E-state index in [2.05, 4.69) is 29.1 Å². The molecule has 0 radical (unpaired) electrons. The smallest absolute Gasteiger partial charge is 0.240 e. The number of carbonyl (C=O) groups excluding carboxylic acids is 1. The van der Waals surface area contributed by atoms with Crippen molar-refractivity contribution >= 4 is 42.5 Å². The van der Waals surface area contributed by atoms with Crippen LogP contribution in [0.1, 0.15) is 32.6 Å². The number of hydrogen-bond acceptors (Lipinski definition) is 4. The Labute approximate surface area is 151 Å². The minimum absolute atomic E-state index is 0. The van der Waals surface area contributed by atoms with E-state index in [1.165, 1.54) is 38.8 Å². The van der Waals surface area contributed by atoms with Crippen molar-refractivity contribution in [3.63, 3.8) is 0 Å². The SMILES string of the molecule is CCCCN(C)CC1CCN(C(=O)C2CSCN2)CC1.Cl.Cl. The van der Waals surface area contributed by atoms with Crippen LogP contribution in [0.15, 0.2) is 0 Å². The van der Waals surface area contributed by atoms with Crippen molar-refractivity contribution in [3.8, 4) is 0 Å². The molecule has 22 heavy (non-hydrogen) atoms. The topological polar surface area (TPSA) is 35.6 Å². The molecule has 0 bridgehead atoms. The molecule has 1 atom stereocenters. The molecule has 2 aliphatic heterocycles. The van der Waals surface area contributed by atoms with Gasteiger partial charge in [0.25, 0.3) is 0 Å². The lowest BCUT2D eigenvalue weighted by Gasteiger charge is -2.35. The van der Waals surface area contributed by atoms with E-state index in [-0.39, 0.29) is 30.9 Å². The largest absolute Gasteiger partial charge is 0.341 e. The number of halogens is 2. The third-order valence-electron chi connectivity index (χ3n) is 4.40. The van der Waals surface area contributed by atoms with E-state index in [4.69, 9.17) is 0 Å². The molecule has 0 saturated carbocycles. The van der Waals surface area contributed by atoms with Crippen molar-refractivity contribution in [2.24, 2.45) is 5.92 Å². The monoisotopic (exact) mass is 371 g/mol. The van der Waals surface area contributed by atoms with Crippen LogP contribution in [0.4, 0.5) is 0 Å². The standard InChI is InChI=1S/C15H29N3OS.2ClH/c1-3-4-7-17(2)10-13-5-8-18(9-6-13)15(19)14-11-20-12-16-14;;/h13-14,16H,3-12H2,1-2H3;2*1H. The minimum Gasteiger partial charge on any atom is -0.341 e. The van der Waals surface area contributed by atoms with E-state index < -0.39 is 0 Å². The molecule has 1 unspecified atom stereocenters. The molecule has 4 nitrogen and oxygen atoms in total. The molecule has 0 aromatic heterocycles. The van der Waals surface area contributed by atoms with Crippen molar-refractivity contribution < 1.29 is 4.79 Å². The summed E-state index contributed by atoms with van der Waals surface area (Å²) < 4.78 is 0. The summed E-state index contributed by atoms with van der Waals surface area (Å²) in [6.45, 7) is 6.55. The first-order valence-electron chi connectivity index (χ1n) is 7.99. The number of rotatable bonds is 6. The van der Waals surface area contributed by atoms with Crippen LogP contribution in [-0.2, 0) is 4.79 Å². The summed E-state index contributed by atoms with van der Waals surface area (Å²) >= 11 is 1.83. The number of thioether (sulfide) groups is 1. The average molecular weight is 372 g/mol. The average Bonchev–Trinajstić information content (AvgIpc) is 2.99. The van der Waals surface area contributed by atoms with E-state index in [9.17, 15) is 4.79 Å². The van der Waals surface area contributed by atoms with Gasteiger partial charge in [-0.25, -0.2) is 0 Å². The lowest BCUT2D eigenvalue weighted by Crippen LogP contribution is -2.48. The highest BCUT2D eigenvalue weighted by Gasteiger charge is 2.30. The van der Waals surface area contributed by atoms with Gasteiger partial charge >= 0.3 is 0 Å². The summed E-state index contributed by atoms with van der Waals surface area (Å²) in [7, 11) is 2.23. The van der Waals surface area contributed by atoms with Crippen LogP contribution in [0, 0.1) is 5.92 Å². The van der Waals surface area contributed by atoms with Crippen LogP contribution in [-0.4, -0.2) is 66.6 Å². The Balaban J connectivity index is 0.00000220. The van der Waals surface area contributed by atoms with Crippen molar-refractivity contribution in [3.05, 3.63) is 0 Å². The highest BCUT2D eigenvalue weighted by Crippen LogP contribution is 2.20. The van der Waals surface area contributed by atoms with Crippen molar-refractivity contribution in [2.45, 2.75) is 38.6 Å². The van der Waals surface area contributed by atoms with Gasteiger partial charge in [0.1, 0.15) is 0 Å². The minimum atomic E-state index is 0. The Kier molecular flexibility index (Phi) is 12.0. The molecule has 132 valence electrons. The number of carbonyl (C=O) groups is 1. The Morgan fingerprint density at radius 2 is 2.00 bits per heavy atom. The van der Waals surface area contributed by atoms with E-state index in [1.807, 2.05) is 11.8 Å². The molecule has 2 fully saturated rings. The molecule has 0 aliphatic carbocycles. The van der Waals surface area contributed by atoms with E-state index >= 15 is 0 Å². The Bertz CT molecular complexity index is 309. The first kappa shape index (κ1) is 22.3. The molecule has 2 saturated heterocycles. The highest BCUT2D eigenvalue weighted by molar-refractivity contribution is 7.99. The fraction of sp³-hybridized carbons (Fsp3) is 0.933. The van der Waals surface area contributed by atoms with Crippen molar-refractivity contribution in [2.75, 3.05) is 44.9 Å². The summed E-state index contributed by atoms with van der Waals surface area (Å²) in [4.78, 5) is 16.8. The maximum Gasteiger partial charge on any atom is 0.240 e. The lowest BCUT2D eigenvalue weighted by atomic mass is 9.96. The van der Waals surface area contributed by atoms with Crippen LogP contribution in [0.3, 0.4) is 0 Å². The number of hydrogen-bond donors (Lipinski definition) is 1. The van der Waals surface area contributed by atoms with Crippen LogP contribution in [0.25, 0.3) is 0 Å². The predicted octanol–water partition coefficient (Wildman–Crippen LogP) is 2.46. The van der Waals surface area contributed by atoms with Gasteiger partial charge in [-0.05, 0) is 38.8 Å². The summed E-state index contributed by atoms with van der Waals surface area (Å²) in [5, 5.41) is 3.28. The molecular weight excluding hydrogens is 341 g/mol. The zero-order valence-corrected chi connectivity index (χ0v) is 16.2. The van der Waals surface area contributed by atoms with Crippen LogP contribution < -0.4 is 5.32 Å². The fourth-order valence-corrected chi connectivity index (χ4v) is 4.00. The number of unbranched alkanes of at least 4 members (excludes halogenated alkanes) is 1. The van der Waals surface area contributed by atoms with E-state index in [0.29, 0.717) is 5.91 Å². The Morgan fingerprint density at radius 3 is 2.55 bits per heavy atom. The maximum atomic E-state index is 12.3. The zero-order chi connectivity index (χ0) is 14.4. The molecule has 2 aliphatic rings. The second-order valence-electron chi connectivity index (χ2n) is 6.16. The van der Waals surface area contributed by atoms with E-state index in [1.54, 1.807) is 0 Å². The van der Waals surface area contributed by atoms with Gasteiger partial charge in [-0.2, -0.15) is 0 Å². The highest BCUT2D eigenvalue weighted by atomic mass is 35.5. The van der Waals surface area contributed by atoms with Gasteiger partial charge in [0.05, 0.1) is 6.04 Å². The van der Waals surface area contributed by atoms with Gasteiger partial charge in [-0.15, -0.1) is 36.6 Å². The Morgan fingerprint density at radius 1 is 1.32 bits per heavy atom. The Hall–Kier alpha value is 0.320. The van der Waals surface area contributed by atoms with Crippen LogP contribution in [0.5, 0.6) is 0 Å². The quantitative estimate of drug-likeness (QED) is 0.777. The summed E-state index contributed by atoms with van der Waals surface area (Å²) in [5.41, 5.74) is 0. The third kappa shape index (κ3) is 6.83. The molecule has 2 rings (SSSR count). The normalized spacial score (nSPS) is 22.3. The fourth-order valence-electron chi connectivity index (χ4n) is 3.07. The predicted molar refractivity (Wildman–Crippen MR) is 100 cm³/mol. The second-order valence-corrected chi connectivity index (χ2v) is 7.19. The first-order chi connectivity index (χ1) is 9.70. The molecule has 1 amide bonds. The number of likely N-dealkylation sites (tertiary alicyclic amines) is 1. The van der Waals surface area contributed by atoms with E-state index in [0.717, 1.165) is 30.6 Å². The first-order valence-corrected chi connectivity index (χ1v) is 9.14. The number of nitrogens with zero attached hydrogens (tertiary/aromatic N) is 2. The van der Waals surface area contributed by atoms with Gasteiger partial charge in [-0.1, -0.05) is 13.3 Å². The van der Waals surface area contributed by atoms with Gasteiger partial charge in [0, 0.05) is 31.3 Å². The molecule has 0 spiro atoms. The molecular formula is C15H31Cl2N3OS. The molecule has 1 N–H and O–H groups in total. The van der Waals surface area contributed by atoms with Crippen LogP contribution in [0.2, 0.25) is 0 Å². The second kappa shape index (κ2) is 11.8. The number of piperidine rings is 1.